The van der Waals surface area contributed by atoms with Gasteiger partial charge >= 0.3 is 0 Å². The van der Waals surface area contributed by atoms with Crippen LogP contribution in [0.3, 0.4) is 0 Å². The molecule has 16 heavy (non-hydrogen) atoms. The molecule has 0 unspecified atom stereocenters. The first kappa shape index (κ1) is 12.3. The Morgan fingerprint density at radius 1 is 1.38 bits per heavy atom. The maximum absolute atomic E-state index is 11.8. The molecule has 0 bridgehead atoms. The summed E-state index contributed by atoms with van der Waals surface area (Å²) >= 11 is 0. The lowest BCUT2D eigenvalue weighted by Gasteiger charge is -2.17. The molecule has 0 fully saturated rings. The SMILES string of the molecule is C#CCN(CC)C(=O)CCc1ccccc1. The number of amides is 1. The average Bonchev–Trinajstić information content (AvgIpc) is 2.34. The van der Waals surface area contributed by atoms with Gasteiger partial charge in [-0.2, -0.15) is 0 Å². The molecule has 2 heteroatoms. The van der Waals surface area contributed by atoms with E-state index >= 15 is 0 Å². The predicted octanol–water partition coefficient (Wildman–Crippen LogP) is 2.10. The summed E-state index contributed by atoms with van der Waals surface area (Å²) in [7, 11) is 0. The highest BCUT2D eigenvalue weighted by atomic mass is 16.2. The number of benzene rings is 1. The number of aryl methyl sites for hydroxylation is 1. The lowest BCUT2D eigenvalue weighted by molar-refractivity contribution is -0.130. The van der Waals surface area contributed by atoms with Gasteiger partial charge in [-0.1, -0.05) is 36.3 Å². The Morgan fingerprint density at radius 2 is 2.06 bits per heavy atom. The van der Waals surface area contributed by atoms with E-state index in [4.69, 9.17) is 6.42 Å². The first-order valence-electron chi connectivity index (χ1n) is 5.53. The van der Waals surface area contributed by atoms with Gasteiger partial charge in [-0.3, -0.25) is 4.79 Å². The molecule has 0 atom stereocenters. The molecule has 84 valence electrons. The van der Waals surface area contributed by atoms with E-state index in [0.29, 0.717) is 19.5 Å². The molecule has 0 aliphatic rings. The fourth-order valence-corrected chi connectivity index (χ4v) is 1.54. The van der Waals surface area contributed by atoms with Crippen molar-refractivity contribution in [1.29, 1.82) is 0 Å². The predicted molar refractivity (Wildman–Crippen MR) is 65.9 cm³/mol. The first-order valence-corrected chi connectivity index (χ1v) is 5.53. The van der Waals surface area contributed by atoms with Crippen molar-refractivity contribution in [2.45, 2.75) is 19.8 Å². The third kappa shape index (κ3) is 3.78. The van der Waals surface area contributed by atoms with E-state index in [2.05, 4.69) is 5.92 Å². The van der Waals surface area contributed by atoms with Gasteiger partial charge in [0, 0.05) is 13.0 Å². The zero-order chi connectivity index (χ0) is 11.8. The topological polar surface area (TPSA) is 20.3 Å². The van der Waals surface area contributed by atoms with Crippen molar-refractivity contribution in [2.24, 2.45) is 0 Å². The Hall–Kier alpha value is -1.75. The maximum Gasteiger partial charge on any atom is 0.223 e. The Bertz CT molecular complexity index is 364. The van der Waals surface area contributed by atoms with Gasteiger partial charge in [-0.25, -0.2) is 0 Å². The van der Waals surface area contributed by atoms with E-state index in [1.807, 2.05) is 37.3 Å². The molecule has 2 nitrogen and oxygen atoms in total. The number of hydrogen-bond donors (Lipinski definition) is 0. The molecule has 1 amide bonds. The molecule has 0 aliphatic heterocycles. The number of hydrogen-bond acceptors (Lipinski definition) is 1. The number of carbonyl (C=O) groups excluding carboxylic acids is 1. The lowest BCUT2D eigenvalue weighted by Crippen LogP contribution is -2.31. The quantitative estimate of drug-likeness (QED) is 0.689. The summed E-state index contributed by atoms with van der Waals surface area (Å²) in [6.45, 7) is 3.03. The molecule has 0 aromatic heterocycles. The van der Waals surface area contributed by atoms with E-state index < -0.39 is 0 Å². The van der Waals surface area contributed by atoms with Gasteiger partial charge in [0.1, 0.15) is 0 Å². The minimum atomic E-state index is 0.129. The molecule has 0 N–H and O–H groups in total. The van der Waals surface area contributed by atoms with E-state index in [-0.39, 0.29) is 5.91 Å². The summed E-state index contributed by atoms with van der Waals surface area (Å²) in [5, 5.41) is 0. The largest absolute Gasteiger partial charge is 0.332 e. The van der Waals surface area contributed by atoms with Crippen LogP contribution in [0.1, 0.15) is 18.9 Å². The minimum Gasteiger partial charge on any atom is -0.332 e. The van der Waals surface area contributed by atoms with Crippen molar-refractivity contribution < 1.29 is 4.79 Å². The van der Waals surface area contributed by atoms with Crippen molar-refractivity contribution in [3.8, 4) is 12.3 Å². The summed E-state index contributed by atoms with van der Waals surface area (Å²) in [5.74, 6) is 2.63. The first-order chi connectivity index (χ1) is 7.77. The molecule has 1 rings (SSSR count). The van der Waals surface area contributed by atoms with Gasteiger partial charge in [0.15, 0.2) is 0 Å². The van der Waals surface area contributed by atoms with Gasteiger partial charge < -0.3 is 4.90 Å². The summed E-state index contributed by atoms with van der Waals surface area (Å²) < 4.78 is 0. The Morgan fingerprint density at radius 3 is 2.62 bits per heavy atom. The van der Waals surface area contributed by atoms with Crippen LogP contribution in [0.25, 0.3) is 0 Å². The third-order valence-corrected chi connectivity index (χ3v) is 2.49. The van der Waals surface area contributed by atoms with Crippen molar-refractivity contribution in [3.05, 3.63) is 35.9 Å². The van der Waals surface area contributed by atoms with Crippen molar-refractivity contribution in [2.75, 3.05) is 13.1 Å². The fourth-order valence-electron chi connectivity index (χ4n) is 1.54. The summed E-state index contributed by atoms with van der Waals surface area (Å²) in [4.78, 5) is 13.5. The standard InChI is InChI=1S/C14H17NO/c1-3-12-15(4-2)14(16)11-10-13-8-6-5-7-9-13/h1,5-9H,4,10-12H2,2H3. The highest BCUT2D eigenvalue weighted by Gasteiger charge is 2.09. The molecule has 1 aromatic carbocycles. The van der Waals surface area contributed by atoms with Crippen LogP contribution in [0.5, 0.6) is 0 Å². The van der Waals surface area contributed by atoms with Crippen molar-refractivity contribution in [3.63, 3.8) is 0 Å². The number of carbonyl (C=O) groups is 1. The highest BCUT2D eigenvalue weighted by molar-refractivity contribution is 5.76. The Kier molecular flexibility index (Phi) is 5.15. The number of nitrogens with zero attached hydrogens (tertiary/aromatic N) is 1. The molecule has 0 heterocycles. The van der Waals surface area contributed by atoms with Crippen LogP contribution in [0, 0.1) is 12.3 Å². The molecule has 1 aromatic rings. The zero-order valence-corrected chi connectivity index (χ0v) is 9.65. The van der Waals surface area contributed by atoms with Crippen LogP contribution in [0.15, 0.2) is 30.3 Å². The average molecular weight is 215 g/mol. The summed E-state index contributed by atoms with van der Waals surface area (Å²) in [6, 6.07) is 10.0. The van der Waals surface area contributed by atoms with E-state index in [1.54, 1.807) is 4.90 Å². The van der Waals surface area contributed by atoms with Crippen LogP contribution in [0.2, 0.25) is 0 Å². The van der Waals surface area contributed by atoms with Crippen LogP contribution in [-0.4, -0.2) is 23.9 Å². The fraction of sp³-hybridized carbons (Fsp3) is 0.357. The Balaban J connectivity index is 2.43. The minimum absolute atomic E-state index is 0.129. The van der Waals surface area contributed by atoms with Crippen molar-refractivity contribution >= 4 is 5.91 Å². The van der Waals surface area contributed by atoms with Gasteiger partial charge in [-0.05, 0) is 18.9 Å². The second-order valence-electron chi connectivity index (χ2n) is 3.60. The van der Waals surface area contributed by atoms with Crippen LogP contribution in [0.4, 0.5) is 0 Å². The van der Waals surface area contributed by atoms with Gasteiger partial charge in [-0.15, -0.1) is 6.42 Å². The van der Waals surface area contributed by atoms with E-state index in [1.165, 1.54) is 5.56 Å². The van der Waals surface area contributed by atoms with Gasteiger partial charge in [0.25, 0.3) is 0 Å². The molecule has 0 saturated carbocycles. The molecular weight excluding hydrogens is 198 g/mol. The van der Waals surface area contributed by atoms with Gasteiger partial charge in [0.2, 0.25) is 5.91 Å². The van der Waals surface area contributed by atoms with Crippen LogP contribution >= 0.6 is 0 Å². The molecular formula is C14H17NO. The summed E-state index contributed by atoms with van der Waals surface area (Å²) in [6.07, 6.45) is 6.51. The normalized spacial score (nSPS) is 9.50. The highest BCUT2D eigenvalue weighted by Crippen LogP contribution is 2.04. The summed E-state index contributed by atoms with van der Waals surface area (Å²) in [5.41, 5.74) is 1.19. The monoisotopic (exact) mass is 215 g/mol. The van der Waals surface area contributed by atoms with Crippen molar-refractivity contribution in [1.82, 2.24) is 4.90 Å². The Labute approximate surface area is 97.3 Å². The molecule has 0 spiro atoms. The lowest BCUT2D eigenvalue weighted by atomic mass is 10.1. The molecule has 0 radical (unpaired) electrons. The third-order valence-electron chi connectivity index (χ3n) is 2.49. The number of rotatable bonds is 5. The van der Waals surface area contributed by atoms with Crippen LogP contribution < -0.4 is 0 Å². The molecule has 0 aliphatic carbocycles. The van der Waals surface area contributed by atoms with Crippen LogP contribution in [-0.2, 0) is 11.2 Å². The van der Waals surface area contributed by atoms with Gasteiger partial charge in [0.05, 0.1) is 6.54 Å². The zero-order valence-electron chi connectivity index (χ0n) is 9.65. The second kappa shape index (κ2) is 6.68. The second-order valence-corrected chi connectivity index (χ2v) is 3.60. The molecule has 0 saturated heterocycles. The maximum atomic E-state index is 11.8. The number of terminal acetylenes is 1. The van der Waals surface area contributed by atoms with E-state index in [0.717, 1.165) is 6.42 Å². The van der Waals surface area contributed by atoms with E-state index in [9.17, 15) is 4.79 Å². The smallest absolute Gasteiger partial charge is 0.223 e.